The fraction of sp³-hybridized carbons (Fsp3) is 0.412. The predicted octanol–water partition coefficient (Wildman–Crippen LogP) is 3.54. The topological polar surface area (TPSA) is 33.4 Å². The van der Waals surface area contributed by atoms with E-state index in [4.69, 9.17) is 0 Å². The minimum atomic E-state index is 0.939. The summed E-state index contributed by atoms with van der Waals surface area (Å²) in [4.78, 5) is 2.21. The normalized spacial score (nSPS) is 11.9. The number of rotatable bonds is 5. The van der Waals surface area contributed by atoms with E-state index in [1.807, 2.05) is 0 Å². The Kier molecular flexibility index (Phi) is 4.36. The van der Waals surface area contributed by atoms with Gasteiger partial charge in [0.1, 0.15) is 0 Å². The molecule has 116 valence electrons. The Hall–Kier alpha value is -1.59. The lowest BCUT2D eigenvalue weighted by atomic mass is 10.1. The molecule has 2 heterocycles. The maximum atomic E-state index is 4.41. The maximum absolute atomic E-state index is 4.41. The van der Waals surface area contributed by atoms with Crippen molar-refractivity contribution >= 4 is 28.3 Å². The van der Waals surface area contributed by atoms with Gasteiger partial charge < -0.3 is 4.90 Å². The van der Waals surface area contributed by atoms with Gasteiger partial charge in [-0.1, -0.05) is 30.0 Å². The summed E-state index contributed by atoms with van der Waals surface area (Å²) in [6.07, 6.45) is 1.15. The highest BCUT2D eigenvalue weighted by Gasteiger charge is 2.12. The smallest absolute Gasteiger partial charge is 0.196 e. The van der Waals surface area contributed by atoms with Crippen LogP contribution >= 0.6 is 11.8 Å². The summed E-state index contributed by atoms with van der Waals surface area (Å²) in [5.74, 6) is 1.06. The van der Waals surface area contributed by atoms with Crippen LogP contribution in [0, 0.1) is 13.8 Å². The molecule has 4 nitrogen and oxygen atoms in total. The molecule has 3 aromatic rings. The lowest BCUT2D eigenvalue weighted by molar-refractivity contribution is 0.410. The van der Waals surface area contributed by atoms with Crippen LogP contribution < -0.4 is 0 Å². The van der Waals surface area contributed by atoms with E-state index in [1.165, 1.54) is 22.0 Å². The first-order chi connectivity index (χ1) is 10.6. The molecular weight excluding hydrogens is 292 g/mol. The van der Waals surface area contributed by atoms with E-state index in [0.29, 0.717) is 0 Å². The molecule has 5 heteroatoms. The molecule has 0 atom stereocenters. The molecule has 0 unspecified atom stereocenters. The molecule has 0 saturated heterocycles. The van der Waals surface area contributed by atoms with Gasteiger partial charge in [0.15, 0.2) is 10.8 Å². The average molecular weight is 314 g/mol. The van der Waals surface area contributed by atoms with E-state index in [0.717, 1.165) is 29.5 Å². The van der Waals surface area contributed by atoms with Crippen LogP contribution in [0.1, 0.15) is 17.5 Å². The molecule has 2 aromatic heterocycles. The van der Waals surface area contributed by atoms with Crippen molar-refractivity contribution in [2.75, 3.05) is 26.4 Å². The van der Waals surface area contributed by atoms with Gasteiger partial charge >= 0.3 is 0 Å². The summed E-state index contributed by atoms with van der Waals surface area (Å²) in [5.41, 5.74) is 4.69. The van der Waals surface area contributed by atoms with Crippen LogP contribution in [0.4, 0.5) is 0 Å². The van der Waals surface area contributed by atoms with Crippen LogP contribution in [0.3, 0.4) is 0 Å². The van der Waals surface area contributed by atoms with Crippen molar-refractivity contribution in [2.24, 2.45) is 0 Å². The highest BCUT2D eigenvalue weighted by atomic mass is 32.2. The Labute approximate surface area is 135 Å². The molecule has 0 radical (unpaired) electrons. The number of fused-ring (bicyclic) bond motifs is 3. The second kappa shape index (κ2) is 6.26. The maximum Gasteiger partial charge on any atom is 0.196 e. The van der Waals surface area contributed by atoms with Crippen LogP contribution in [0.15, 0.2) is 29.4 Å². The zero-order chi connectivity index (χ0) is 15.7. The lowest BCUT2D eigenvalue weighted by Crippen LogP contribution is -2.13. The Bertz CT molecular complexity index is 807. The SMILES string of the molecule is Cc1cc2nnc(SCCCN(C)C)n2c2c(C)cccc12. The molecular formula is C17H22N4S. The van der Waals surface area contributed by atoms with E-state index in [1.54, 1.807) is 11.8 Å². The first-order valence-electron chi connectivity index (χ1n) is 7.59. The van der Waals surface area contributed by atoms with Gasteiger partial charge in [-0.15, -0.1) is 10.2 Å². The van der Waals surface area contributed by atoms with Crippen molar-refractivity contribution in [2.45, 2.75) is 25.4 Å². The molecule has 1 aromatic carbocycles. The molecule has 0 aliphatic rings. The summed E-state index contributed by atoms with van der Waals surface area (Å²) in [6.45, 7) is 5.39. The van der Waals surface area contributed by atoms with Crippen molar-refractivity contribution in [3.05, 3.63) is 35.4 Å². The van der Waals surface area contributed by atoms with Crippen molar-refractivity contribution in [1.82, 2.24) is 19.5 Å². The largest absolute Gasteiger partial charge is 0.309 e. The van der Waals surface area contributed by atoms with Gasteiger partial charge in [-0.05, 0) is 58.1 Å². The molecule has 0 aliphatic heterocycles. The van der Waals surface area contributed by atoms with Crippen LogP contribution in [0.5, 0.6) is 0 Å². The van der Waals surface area contributed by atoms with E-state index in [2.05, 4.69) is 71.7 Å². The number of hydrogen-bond donors (Lipinski definition) is 0. The molecule has 0 amide bonds. The standard InChI is InChI=1S/C17H22N4S/c1-12-7-5-8-14-13(2)11-15-18-19-17(21(15)16(12)14)22-10-6-9-20(3)4/h5,7-8,11H,6,9-10H2,1-4H3. The molecule has 0 fully saturated rings. The van der Waals surface area contributed by atoms with Crippen molar-refractivity contribution in [1.29, 1.82) is 0 Å². The highest BCUT2D eigenvalue weighted by Crippen LogP contribution is 2.28. The summed E-state index contributed by atoms with van der Waals surface area (Å²) in [7, 11) is 4.22. The molecule has 22 heavy (non-hydrogen) atoms. The van der Waals surface area contributed by atoms with Gasteiger partial charge in [0.2, 0.25) is 0 Å². The Morgan fingerprint density at radius 1 is 1.14 bits per heavy atom. The minimum absolute atomic E-state index is 0.939. The fourth-order valence-corrected chi connectivity index (χ4v) is 3.64. The summed E-state index contributed by atoms with van der Waals surface area (Å²) < 4.78 is 2.21. The number of aryl methyl sites for hydroxylation is 2. The Balaban J connectivity index is 2.02. The first kappa shape index (κ1) is 15.3. The summed E-state index contributed by atoms with van der Waals surface area (Å²) >= 11 is 1.79. The lowest BCUT2D eigenvalue weighted by Gasteiger charge is -2.10. The first-order valence-corrected chi connectivity index (χ1v) is 8.58. The zero-order valence-corrected chi connectivity index (χ0v) is 14.4. The number of thioether (sulfide) groups is 1. The number of para-hydroxylation sites is 1. The van der Waals surface area contributed by atoms with Crippen molar-refractivity contribution < 1.29 is 0 Å². The average Bonchev–Trinajstić information content (AvgIpc) is 2.86. The monoisotopic (exact) mass is 314 g/mol. The quantitative estimate of drug-likeness (QED) is 0.533. The van der Waals surface area contributed by atoms with Gasteiger partial charge in [-0.2, -0.15) is 0 Å². The number of pyridine rings is 1. The van der Waals surface area contributed by atoms with Gasteiger partial charge in [0.05, 0.1) is 5.52 Å². The predicted molar refractivity (Wildman–Crippen MR) is 93.9 cm³/mol. The highest BCUT2D eigenvalue weighted by molar-refractivity contribution is 7.99. The molecule has 3 rings (SSSR count). The van der Waals surface area contributed by atoms with Crippen LogP contribution in [-0.4, -0.2) is 45.9 Å². The number of benzene rings is 1. The second-order valence-corrected chi connectivity index (χ2v) is 7.04. The van der Waals surface area contributed by atoms with Crippen molar-refractivity contribution in [3.8, 4) is 0 Å². The Morgan fingerprint density at radius 3 is 2.73 bits per heavy atom. The van der Waals surface area contributed by atoms with Gasteiger partial charge in [0.25, 0.3) is 0 Å². The molecule has 0 aliphatic carbocycles. The molecule has 0 saturated carbocycles. The van der Waals surface area contributed by atoms with E-state index >= 15 is 0 Å². The van der Waals surface area contributed by atoms with Gasteiger partial charge in [-0.25, -0.2) is 0 Å². The van der Waals surface area contributed by atoms with Crippen LogP contribution in [0.2, 0.25) is 0 Å². The van der Waals surface area contributed by atoms with Gasteiger partial charge in [0, 0.05) is 11.1 Å². The third-order valence-corrected chi connectivity index (χ3v) is 4.89. The number of nitrogens with zero attached hydrogens (tertiary/aromatic N) is 4. The third kappa shape index (κ3) is 2.83. The second-order valence-electron chi connectivity index (χ2n) is 5.98. The Morgan fingerprint density at radius 2 is 1.95 bits per heavy atom. The van der Waals surface area contributed by atoms with E-state index < -0.39 is 0 Å². The third-order valence-electron chi connectivity index (χ3n) is 3.87. The van der Waals surface area contributed by atoms with E-state index in [-0.39, 0.29) is 0 Å². The minimum Gasteiger partial charge on any atom is -0.309 e. The molecule has 0 spiro atoms. The van der Waals surface area contributed by atoms with Crippen LogP contribution in [-0.2, 0) is 0 Å². The summed E-state index contributed by atoms with van der Waals surface area (Å²) in [5, 5.41) is 11.0. The number of hydrogen-bond acceptors (Lipinski definition) is 4. The zero-order valence-electron chi connectivity index (χ0n) is 13.6. The fourth-order valence-electron chi connectivity index (χ4n) is 2.77. The van der Waals surface area contributed by atoms with Crippen molar-refractivity contribution in [3.63, 3.8) is 0 Å². The number of aromatic nitrogens is 3. The van der Waals surface area contributed by atoms with Gasteiger partial charge in [-0.3, -0.25) is 4.40 Å². The summed E-state index contributed by atoms with van der Waals surface area (Å²) in [6, 6.07) is 8.57. The molecule has 0 bridgehead atoms. The van der Waals surface area contributed by atoms with E-state index in [9.17, 15) is 0 Å². The molecule has 0 N–H and O–H groups in total. The van der Waals surface area contributed by atoms with Crippen LogP contribution in [0.25, 0.3) is 16.6 Å².